The second kappa shape index (κ2) is 4.49. The van der Waals surface area contributed by atoms with Gasteiger partial charge in [0.25, 0.3) is 0 Å². The van der Waals surface area contributed by atoms with Gasteiger partial charge in [0.2, 0.25) is 0 Å². The zero-order valence-corrected chi connectivity index (χ0v) is 14.1. The fourth-order valence-electron chi connectivity index (χ4n) is 6.72. The van der Waals surface area contributed by atoms with E-state index >= 15 is 0 Å². The number of allylic oxidation sites excluding steroid dienone is 3. The molecule has 4 aliphatic carbocycles. The second-order valence-corrected chi connectivity index (χ2v) is 8.96. The minimum atomic E-state index is -0.274. The Balaban J connectivity index is 1.73. The van der Waals surface area contributed by atoms with Crippen LogP contribution in [0.1, 0.15) is 59.3 Å². The molecule has 0 aromatic rings. The van der Waals surface area contributed by atoms with E-state index in [0.29, 0.717) is 17.1 Å². The van der Waals surface area contributed by atoms with Crippen LogP contribution in [0.2, 0.25) is 0 Å². The van der Waals surface area contributed by atoms with Gasteiger partial charge < -0.3 is 5.11 Å². The second-order valence-electron chi connectivity index (χ2n) is 8.96. The molecule has 0 spiro atoms. The molecule has 22 heavy (non-hydrogen) atoms. The van der Waals surface area contributed by atoms with Crippen molar-refractivity contribution in [3.63, 3.8) is 0 Å². The van der Waals surface area contributed by atoms with Crippen molar-refractivity contribution >= 4 is 5.78 Å². The quantitative estimate of drug-likeness (QED) is 0.696. The van der Waals surface area contributed by atoms with Gasteiger partial charge >= 0.3 is 0 Å². The fraction of sp³-hybridized carbons (Fsp3) is 0.750. The van der Waals surface area contributed by atoms with Crippen molar-refractivity contribution in [1.29, 1.82) is 0 Å². The molecule has 1 N–H and O–H groups in total. The van der Waals surface area contributed by atoms with E-state index < -0.39 is 0 Å². The number of rotatable bonds is 0. The van der Waals surface area contributed by atoms with Crippen LogP contribution < -0.4 is 0 Å². The number of carbonyl (C=O) groups excluding carboxylic acids is 1. The Kier molecular flexibility index (Phi) is 2.97. The highest BCUT2D eigenvalue weighted by atomic mass is 16.3. The SMILES string of the molecule is C[C@@H]1C[C@H]2[C@@H]3CCC4=CC(=O)C=C(O)[C@]4(C)[C@H]3CC[C@]2(C)C1. The third-order valence-corrected chi connectivity index (χ3v) is 7.71. The number of hydrogen-bond acceptors (Lipinski definition) is 2. The highest BCUT2D eigenvalue weighted by Gasteiger charge is 2.58. The Morgan fingerprint density at radius 2 is 1.95 bits per heavy atom. The molecule has 4 aliphatic rings. The summed E-state index contributed by atoms with van der Waals surface area (Å²) in [5.74, 6) is 3.19. The topological polar surface area (TPSA) is 37.3 Å². The molecule has 2 nitrogen and oxygen atoms in total. The monoisotopic (exact) mass is 300 g/mol. The van der Waals surface area contributed by atoms with E-state index in [2.05, 4.69) is 20.8 Å². The summed E-state index contributed by atoms with van der Waals surface area (Å²) in [6.07, 6.45) is 10.7. The van der Waals surface area contributed by atoms with Gasteiger partial charge in [0, 0.05) is 11.5 Å². The van der Waals surface area contributed by atoms with E-state index in [0.717, 1.165) is 24.2 Å². The smallest absolute Gasteiger partial charge is 0.181 e. The predicted octanol–water partition coefficient (Wildman–Crippen LogP) is 4.82. The van der Waals surface area contributed by atoms with Crippen molar-refractivity contribution in [2.75, 3.05) is 0 Å². The highest BCUT2D eigenvalue weighted by Crippen LogP contribution is 2.66. The van der Waals surface area contributed by atoms with Crippen molar-refractivity contribution in [3.05, 3.63) is 23.5 Å². The minimum Gasteiger partial charge on any atom is -0.511 e. The van der Waals surface area contributed by atoms with Crippen molar-refractivity contribution < 1.29 is 9.90 Å². The van der Waals surface area contributed by atoms with Gasteiger partial charge in [-0.25, -0.2) is 0 Å². The highest BCUT2D eigenvalue weighted by molar-refractivity contribution is 6.01. The van der Waals surface area contributed by atoms with Gasteiger partial charge in [-0.15, -0.1) is 0 Å². The summed E-state index contributed by atoms with van der Waals surface area (Å²) in [7, 11) is 0. The lowest BCUT2D eigenvalue weighted by atomic mass is 9.48. The zero-order valence-electron chi connectivity index (χ0n) is 14.1. The molecule has 0 amide bonds. The summed E-state index contributed by atoms with van der Waals surface area (Å²) in [4.78, 5) is 11.8. The summed E-state index contributed by atoms with van der Waals surface area (Å²) in [6.45, 7) is 7.10. The van der Waals surface area contributed by atoms with Gasteiger partial charge in [-0.2, -0.15) is 0 Å². The molecule has 0 aromatic heterocycles. The van der Waals surface area contributed by atoms with Crippen LogP contribution in [-0.2, 0) is 4.79 Å². The Bertz CT molecular complexity index is 587. The minimum absolute atomic E-state index is 0.0291. The lowest BCUT2D eigenvalue weighted by molar-refractivity contribution is -0.111. The molecule has 0 saturated heterocycles. The molecule has 120 valence electrons. The largest absolute Gasteiger partial charge is 0.511 e. The molecule has 0 aromatic carbocycles. The van der Waals surface area contributed by atoms with Crippen molar-refractivity contribution in [2.45, 2.75) is 59.3 Å². The Labute approximate surface area is 133 Å². The number of carbonyl (C=O) groups is 1. The van der Waals surface area contributed by atoms with Gasteiger partial charge in [0.05, 0.1) is 0 Å². The number of aliphatic hydroxyl groups is 1. The first-order valence-corrected chi connectivity index (χ1v) is 9.01. The Morgan fingerprint density at radius 1 is 1.18 bits per heavy atom. The van der Waals surface area contributed by atoms with E-state index in [1.165, 1.54) is 43.8 Å². The summed E-state index contributed by atoms with van der Waals surface area (Å²) in [5, 5.41) is 10.6. The van der Waals surface area contributed by atoms with Crippen molar-refractivity contribution in [1.82, 2.24) is 0 Å². The first-order valence-electron chi connectivity index (χ1n) is 9.01. The van der Waals surface area contributed by atoms with Crippen LogP contribution in [0, 0.1) is 34.5 Å². The third kappa shape index (κ3) is 1.76. The van der Waals surface area contributed by atoms with Gasteiger partial charge in [0.15, 0.2) is 5.78 Å². The molecule has 0 bridgehead atoms. The lowest BCUT2D eigenvalue weighted by Crippen LogP contribution is -2.49. The molecule has 0 radical (unpaired) electrons. The van der Waals surface area contributed by atoms with Crippen molar-refractivity contribution in [2.24, 2.45) is 34.5 Å². The maximum absolute atomic E-state index is 11.8. The fourth-order valence-corrected chi connectivity index (χ4v) is 6.72. The molecule has 3 saturated carbocycles. The first-order chi connectivity index (χ1) is 10.3. The molecule has 0 heterocycles. The first kappa shape index (κ1) is 14.5. The summed E-state index contributed by atoms with van der Waals surface area (Å²) >= 11 is 0. The molecule has 4 rings (SSSR count). The van der Waals surface area contributed by atoms with E-state index in [9.17, 15) is 9.90 Å². The van der Waals surface area contributed by atoms with E-state index in [1.807, 2.05) is 0 Å². The predicted molar refractivity (Wildman–Crippen MR) is 87.4 cm³/mol. The van der Waals surface area contributed by atoms with E-state index in [4.69, 9.17) is 0 Å². The average Bonchev–Trinajstić information content (AvgIpc) is 2.75. The van der Waals surface area contributed by atoms with Gasteiger partial charge in [-0.05, 0) is 80.6 Å². The van der Waals surface area contributed by atoms with Gasteiger partial charge in [-0.1, -0.05) is 19.4 Å². The molecule has 3 fully saturated rings. The summed E-state index contributed by atoms with van der Waals surface area (Å²) in [6, 6.07) is 0. The summed E-state index contributed by atoms with van der Waals surface area (Å²) in [5.41, 5.74) is 1.43. The van der Waals surface area contributed by atoms with Crippen LogP contribution in [0.4, 0.5) is 0 Å². The third-order valence-electron chi connectivity index (χ3n) is 7.71. The normalized spacial score (nSPS) is 50.6. The molecule has 0 aliphatic heterocycles. The van der Waals surface area contributed by atoms with Crippen LogP contribution in [0.15, 0.2) is 23.5 Å². The van der Waals surface area contributed by atoms with Gasteiger partial charge in [0.1, 0.15) is 5.76 Å². The molecule has 0 unspecified atom stereocenters. The van der Waals surface area contributed by atoms with Crippen LogP contribution in [0.5, 0.6) is 0 Å². The maximum Gasteiger partial charge on any atom is 0.181 e. The van der Waals surface area contributed by atoms with Crippen LogP contribution in [-0.4, -0.2) is 10.9 Å². The molecule has 6 atom stereocenters. The number of aliphatic hydroxyl groups excluding tert-OH is 1. The lowest BCUT2D eigenvalue weighted by Gasteiger charge is -2.56. The number of hydrogen-bond donors (Lipinski definition) is 1. The van der Waals surface area contributed by atoms with Crippen LogP contribution in [0.25, 0.3) is 0 Å². The maximum atomic E-state index is 11.8. The van der Waals surface area contributed by atoms with E-state index in [1.54, 1.807) is 6.08 Å². The molecular formula is C20H28O2. The van der Waals surface area contributed by atoms with Crippen molar-refractivity contribution in [3.8, 4) is 0 Å². The Morgan fingerprint density at radius 3 is 2.73 bits per heavy atom. The molecular weight excluding hydrogens is 272 g/mol. The van der Waals surface area contributed by atoms with Crippen LogP contribution >= 0.6 is 0 Å². The zero-order chi connectivity index (χ0) is 15.7. The Hall–Kier alpha value is -1.05. The van der Waals surface area contributed by atoms with E-state index in [-0.39, 0.29) is 11.2 Å². The number of fused-ring (bicyclic) bond motifs is 5. The summed E-state index contributed by atoms with van der Waals surface area (Å²) < 4.78 is 0. The number of ketones is 1. The average molecular weight is 300 g/mol. The standard InChI is InChI=1S/C20H28O2/c1-12-8-17-15-5-4-13-9-14(21)10-18(22)20(13,3)16(15)6-7-19(17,2)11-12/h9-10,12,15-17,22H,4-8,11H2,1-3H3/t12-,15-,16+,17+,19-,20+/m1/s1. The van der Waals surface area contributed by atoms with Gasteiger partial charge in [-0.3, -0.25) is 4.79 Å². The molecule has 2 heteroatoms. The van der Waals surface area contributed by atoms with Crippen LogP contribution in [0.3, 0.4) is 0 Å².